The van der Waals surface area contributed by atoms with Gasteiger partial charge in [0.05, 0.1) is 12.6 Å². The van der Waals surface area contributed by atoms with Crippen molar-refractivity contribution in [1.29, 1.82) is 0 Å². The van der Waals surface area contributed by atoms with E-state index < -0.39 is 6.10 Å². The van der Waals surface area contributed by atoms with Crippen LogP contribution in [0.4, 0.5) is 0 Å². The molecule has 0 radical (unpaired) electrons. The third kappa shape index (κ3) is 4.46. The van der Waals surface area contributed by atoms with Crippen LogP contribution in [0.3, 0.4) is 0 Å². The molecule has 0 bridgehead atoms. The van der Waals surface area contributed by atoms with E-state index in [2.05, 4.69) is 22.0 Å². The largest absolute Gasteiger partial charge is 0.388 e. The summed E-state index contributed by atoms with van der Waals surface area (Å²) in [7, 11) is 2.05. The normalized spacial score (nSPS) is 12.8. The Morgan fingerprint density at radius 1 is 1.26 bits per heavy atom. The first-order chi connectivity index (χ1) is 9.25. The summed E-state index contributed by atoms with van der Waals surface area (Å²) >= 11 is 0. The molecule has 0 aliphatic rings. The Labute approximate surface area is 113 Å². The van der Waals surface area contributed by atoms with E-state index in [9.17, 15) is 5.11 Å². The third-order valence-corrected chi connectivity index (χ3v) is 3.15. The average molecular weight is 260 g/mol. The number of aromatic nitrogens is 3. The predicted octanol–water partition coefficient (Wildman–Crippen LogP) is 1.33. The van der Waals surface area contributed by atoms with E-state index in [1.54, 1.807) is 12.7 Å². The van der Waals surface area contributed by atoms with Gasteiger partial charge in [-0.05, 0) is 19.0 Å². The summed E-state index contributed by atoms with van der Waals surface area (Å²) in [6, 6.07) is 9.78. The molecular formula is C14H20N4O. The molecule has 0 saturated heterocycles. The lowest BCUT2D eigenvalue weighted by atomic mass is 10.1. The molecule has 1 N–H and O–H groups in total. The summed E-state index contributed by atoms with van der Waals surface area (Å²) < 4.78 is 1.81. The Bertz CT molecular complexity index is 458. The van der Waals surface area contributed by atoms with Gasteiger partial charge in [0.1, 0.15) is 12.7 Å². The van der Waals surface area contributed by atoms with Crippen molar-refractivity contribution in [2.75, 3.05) is 20.1 Å². The van der Waals surface area contributed by atoms with Crippen LogP contribution in [0.5, 0.6) is 0 Å². The molecule has 1 aromatic carbocycles. The van der Waals surface area contributed by atoms with Crippen molar-refractivity contribution in [2.24, 2.45) is 0 Å². The number of rotatable bonds is 7. The fraction of sp³-hybridized carbons (Fsp3) is 0.429. The van der Waals surface area contributed by atoms with E-state index in [4.69, 9.17) is 0 Å². The Balaban J connectivity index is 1.70. The van der Waals surface area contributed by atoms with Crippen LogP contribution in [0.2, 0.25) is 0 Å². The summed E-state index contributed by atoms with van der Waals surface area (Å²) in [6.07, 6.45) is 3.60. The van der Waals surface area contributed by atoms with Crippen molar-refractivity contribution in [3.63, 3.8) is 0 Å². The maximum absolute atomic E-state index is 10.1. The van der Waals surface area contributed by atoms with Crippen molar-refractivity contribution in [3.05, 3.63) is 48.5 Å². The van der Waals surface area contributed by atoms with Crippen molar-refractivity contribution in [1.82, 2.24) is 19.7 Å². The van der Waals surface area contributed by atoms with Crippen LogP contribution >= 0.6 is 0 Å². The highest BCUT2D eigenvalue weighted by Gasteiger charge is 2.08. The molecule has 0 spiro atoms. The third-order valence-electron chi connectivity index (χ3n) is 3.15. The van der Waals surface area contributed by atoms with Gasteiger partial charge in [0.25, 0.3) is 0 Å². The van der Waals surface area contributed by atoms with Gasteiger partial charge in [-0.1, -0.05) is 30.3 Å². The average Bonchev–Trinajstić information content (AvgIpc) is 2.96. The number of hydrogen-bond donors (Lipinski definition) is 1. The van der Waals surface area contributed by atoms with Gasteiger partial charge in [-0.15, -0.1) is 0 Å². The van der Waals surface area contributed by atoms with E-state index in [-0.39, 0.29) is 0 Å². The standard InChI is InChI=1S/C14H20N4O/c1-17(9-10-18-12-15-11-16-18)8-7-14(19)13-5-3-2-4-6-13/h2-6,11-12,14,19H,7-10H2,1H3/t14-/m1/s1. The molecule has 0 amide bonds. The highest BCUT2D eigenvalue weighted by molar-refractivity contribution is 5.17. The zero-order chi connectivity index (χ0) is 13.5. The summed E-state index contributed by atoms with van der Waals surface area (Å²) in [5, 5.41) is 14.1. The van der Waals surface area contributed by atoms with Gasteiger partial charge in [-0.25, -0.2) is 4.98 Å². The van der Waals surface area contributed by atoms with Crippen molar-refractivity contribution in [2.45, 2.75) is 19.1 Å². The van der Waals surface area contributed by atoms with E-state index in [1.807, 2.05) is 35.0 Å². The fourth-order valence-corrected chi connectivity index (χ4v) is 1.92. The molecule has 0 aliphatic heterocycles. The zero-order valence-electron chi connectivity index (χ0n) is 11.2. The van der Waals surface area contributed by atoms with E-state index in [0.717, 1.165) is 31.6 Å². The molecule has 1 heterocycles. The maximum Gasteiger partial charge on any atom is 0.137 e. The number of benzene rings is 1. The SMILES string of the molecule is CN(CC[C@@H](O)c1ccccc1)CCn1cncn1. The predicted molar refractivity (Wildman–Crippen MR) is 73.5 cm³/mol. The Kier molecular flexibility index (Phi) is 5.06. The number of nitrogens with zero attached hydrogens (tertiary/aromatic N) is 4. The second kappa shape index (κ2) is 7.01. The van der Waals surface area contributed by atoms with Crippen molar-refractivity contribution in [3.8, 4) is 0 Å². The van der Waals surface area contributed by atoms with Gasteiger partial charge < -0.3 is 10.0 Å². The molecule has 2 aromatic rings. The van der Waals surface area contributed by atoms with Gasteiger partial charge in [0, 0.05) is 13.1 Å². The minimum Gasteiger partial charge on any atom is -0.388 e. The maximum atomic E-state index is 10.1. The summed E-state index contributed by atoms with van der Waals surface area (Å²) in [5.41, 5.74) is 0.979. The lowest BCUT2D eigenvalue weighted by Crippen LogP contribution is -2.25. The minimum atomic E-state index is -0.393. The van der Waals surface area contributed by atoms with Gasteiger partial charge in [-0.2, -0.15) is 5.10 Å². The van der Waals surface area contributed by atoms with Crippen LogP contribution in [0.15, 0.2) is 43.0 Å². The molecule has 5 heteroatoms. The van der Waals surface area contributed by atoms with E-state index >= 15 is 0 Å². The van der Waals surface area contributed by atoms with E-state index in [0.29, 0.717) is 0 Å². The monoisotopic (exact) mass is 260 g/mol. The Hall–Kier alpha value is -1.72. The molecule has 5 nitrogen and oxygen atoms in total. The summed E-state index contributed by atoms with van der Waals surface area (Å²) in [6.45, 7) is 2.56. The second-order valence-corrected chi connectivity index (χ2v) is 4.68. The molecule has 2 rings (SSSR count). The van der Waals surface area contributed by atoms with Gasteiger partial charge >= 0.3 is 0 Å². The van der Waals surface area contributed by atoms with Crippen LogP contribution in [0.1, 0.15) is 18.1 Å². The van der Waals surface area contributed by atoms with Gasteiger partial charge in [0.2, 0.25) is 0 Å². The summed E-state index contributed by atoms with van der Waals surface area (Å²) in [4.78, 5) is 6.10. The van der Waals surface area contributed by atoms with E-state index in [1.165, 1.54) is 0 Å². The molecule has 19 heavy (non-hydrogen) atoms. The van der Waals surface area contributed by atoms with Gasteiger partial charge in [0.15, 0.2) is 0 Å². The van der Waals surface area contributed by atoms with Crippen LogP contribution in [0, 0.1) is 0 Å². The fourth-order valence-electron chi connectivity index (χ4n) is 1.92. The molecule has 1 atom stereocenters. The molecule has 1 aromatic heterocycles. The van der Waals surface area contributed by atoms with Crippen molar-refractivity contribution >= 4 is 0 Å². The Morgan fingerprint density at radius 2 is 2.05 bits per heavy atom. The smallest absolute Gasteiger partial charge is 0.137 e. The first kappa shape index (κ1) is 13.7. The Morgan fingerprint density at radius 3 is 2.74 bits per heavy atom. The highest BCUT2D eigenvalue weighted by atomic mass is 16.3. The first-order valence-corrected chi connectivity index (χ1v) is 6.49. The molecule has 0 aliphatic carbocycles. The van der Waals surface area contributed by atoms with Crippen LogP contribution < -0.4 is 0 Å². The van der Waals surface area contributed by atoms with Crippen LogP contribution in [0.25, 0.3) is 0 Å². The zero-order valence-corrected chi connectivity index (χ0v) is 11.2. The number of hydrogen-bond acceptors (Lipinski definition) is 4. The minimum absolute atomic E-state index is 0.393. The molecule has 0 unspecified atom stereocenters. The lowest BCUT2D eigenvalue weighted by molar-refractivity contribution is 0.148. The molecule has 0 saturated carbocycles. The number of likely N-dealkylation sites (N-methyl/N-ethyl adjacent to an activating group) is 1. The molecule has 0 fully saturated rings. The quantitative estimate of drug-likeness (QED) is 0.816. The first-order valence-electron chi connectivity index (χ1n) is 6.49. The summed E-state index contributed by atoms with van der Waals surface area (Å²) in [5.74, 6) is 0. The van der Waals surface area contributed by atoms with Crippen LogP contribution in [-0.2, 0) is 6.54 Å². The molecule has 102 valence electrons. The lowest BCUT2D eigenvalue weighted by Gasteiger charge is -2.18. The number of aliphatic hydroxyl groups is 1. The second-order valence-electron chi connectivity index (χ2n) is 4.68. The number of aliphatic hydroxyl groups excluding tert-OH is 1. The van der Waals surface area contributed by atoms with Crippen LogP contribution in [-0.4, -0.2) is 44.9 Å². The van der Waals surface area contributed by atoms with Gasteiger partial charge in [-0.3, -0.25) is 4.68 Å². The molecular weight excluding hydrogens is 240 g/mol. The van der Waals surface area contributed by atoms with Crippen molar-refractivity contribution < 1.29 is 5.11 Å². The topological polar surface area (TPSA) is 54.2 Å². The highest BCUT2D eigenvalue weighted by Crippen LogP contribution is 2.15.